The number of hydrogen-bond donors (Lipinski definition) is 0. The maximum Gasteiger partial charge on any atom is 0.537 e. The highest BCUT2D eigenvalue weighted by Crippen LogP contribution is 2.14. The molecule has 0 unspecified atom stereocenters. The van der Waals surface area contributed by atoms with Gasteiger partial charge in [0.05, 0.1) is 5.56 Å². The zero-order valence-electron chi connectivity index (χ0n) is 15.0. The first-order valence-electron chi connectivity index (χ1n) is 8.03. The first-order valence-corrected chi connectivity index (χ1v) is 9.76. The summed E-state index contributed by atoms with van der Waals surface area (Å²) in [5.41, 5.74) is -0.0213. The highest BCUT2D eigenvalue weighted by molar-refractivity contribution is 6.75. The molecule has 0 saturated carbocycles. The summed E-state index contributed by atoms with van der Waals surface area (Å²) in [5.74, 6) is -0.347. The van der Waals surface area contributed by atoms with E-state index in [0.717, 1.165) is 5.19 Å². The molecule has 1 rings (SSSR count). The summed E-state index contributed by atoms with van der Waals surface area (Å²) in [5, 5.41) is 0.843. The van der Waals surface area contributed by atoms with Crippen LogP contribution >= 0.6 is 0 Å². The third-order valence-electron chi connectivity index (χ3n) is 2.88. The predicted octanol–water partition coefficient (Wildman–Crippen LogP) is 2.90. The number of esters is 1. The Kier molecular flexibility index (Phi) is 7.40. The SMILES string of the molecule is CCO[Si](OCC)(OCC)c1ccc(C(=O)OC(C)(C)C)cc1. The van der Waals surface area contributed by atoms with Gasteiger partial charge in [-0.25, -0.2) is 4.79 Å². The van der Waals surface area contributed by atoms with Crippen LogP contribution in [0.5, 0.6) is 0 Å². The van der Waals surface area contributed by atoms with Crippen LogP contribution in [0.1, 0.15) is 51.9 Å². The Labute approximate surface area is 140 Å². The largest absolute Gasteiger partial charge is 0.537 e. The van der Waals surface area contributed by atoms with Crippen molar-refractivity contribution in [1.29, 1.82) is 0 Å². The molecule has 0 aliphatic heterocycles. The van der Waals surface area contributed by atoms with Crippen molar-refractivity contribution in [2.45, 2.75) is 47.1 Å². The van der Waals surface area contributed by atoms with E-state index in [1.807, 2.05) is 53.7 Å². The van der Waals surface area contributed by atoms with Gasteiger partial charge in [-0.1, -0.05) is 12.1 Å². The Hall–Kier alpha value is -1.21. The minimum atomic E-state index is -2.93. The Morgan fingerprint density at radius 2 is 1.35 bits per heavy atom. The molecule has 0 fully saturated rings. The molecule has 130 valence electrons. The highest BCUT2D eigenvalue weighted by Gasteiger charge is 2.43. The summed E-state index contributed by atoms with van der Waals surface area (Å²) in [7, 11) is -2.93. The van der Waals surface area contributed by atoms with Crippen LogP contribution in [0.4, 0.5) is 0 Å². The average molecular weight is 340 g/mol. The molecule has 6 heteroatoms. The van der Waals surface area contributed by atoms with Gasteiger partial charge >= 0.3 is 14.8 Å². The van der Waals surface area contributed by atoms with Crippen LogP contribution < -0.4 is 5.19 Å². The molecule has 1 aromatic rings. The lowest BCUT2D eigenvalue weighted by atomic mass is 10.2. The molecule has 0 saturated heterocycles. The second kappa shape index (κ2) is 8.59. The summed E-state index contributed by atoms with van der Waals surface area (Å²) in [6.07, 6.45) is 0. The predicted molar refractivity (Wildman–Crippen MR) is 91.9 cm³/mol. The fraction of sp³-hybridized carbons (Fsp3) is 0.588. The van der Waals surface area contributed by atoms with Gasteiger partial charge in [0.15, 0.2) is 0 Å². The minimum absolute atomic E-state index is 0.347. The molecule has 0 bridgehead atoms. The Balaban J connectivity index is 3.05. The molecule has 23 heavy (non-hydrogen) atoms. The van der Waals surface area contributed by atoms with E-state index < -0.39 is 14.4 Å². The first kappa shape index (κ1) is 19.8. The number of carbonyl (C=O) groups is 1. The summed E-state index contributed by atoms with van der Waals surface area (Å²) < 4.78 is 22.9. The zero-order valence-corrected chi connectivity index (χ0v) is 16.0. The van der Waals surface area contributed by atoms with E-state index in [9.17, 15) is 4.79 Å². The fourth-order valence-electron chi connectivity index (χ4n) is 2.09. The Morgan fingerprint density at radius 1 is 0.913 bits per heavy atom. The molecule has 0 N–H and O–H groups in total. The third-order valence-corrected chi connectivity index (χ3v) is 5.92. The van der Waals surface area contributed by atoms with Crippen molar-refractivity contribution in [3.63, 3.8) is 0 Å². The van der Waals surface area contributed by atoms with Crippen molar-refractivity contribution >= 4 is 20.0 Å². The molecule has 1 aromatic carbocycles. The molecule has 0 aliphatic carbocycles. The average Bonchev–Trinajstić information content (AvgIpc) is 2.46. The van der Waals surface area contributed by atoms with E-state index >= 15 is 0 Å². The van der Waals surface area contributed by atoms with E-state index in [4.69, 9.17) is 18.0 Å². The molecule has 0 amide bonds. The summed E-state index contributed by atoms with van der Waals surface area (Å²) in [4.78, 5) is 12.1. The summed E-state index contributed by atoms with van der Waals surface area (Å²) in [6.45, 7) is 12.8. The van der Waals surface area contributed by atoms with Crippen molar-refractivity contribution in [2.75, 3.05) is 19.8 Å². The number of rotatable bonds is 8. The first-order chi connectivity index (χ1) is 10.8. The topological polar surface area (TPSA) is 54.0 Å². The van der Waals surface area contributed by atoms with Gasteiger partial charge in [0, 0.05) is 25.0 Å². The molecule has 0 radical (unpaired) electrons. The maximum absolute atomic E-state index is 12.1. The molecule has 0 atom stereocenters. The van der Waals surface area contributed by atoms with Gasteiger partial charge in [-0.15, -0.1) is 0 Å². The second-order valence-corrected chi connectivity index (χ2v) is 8.49. The molecule has 5 nitrogen and oxygen atoms in total. The van der Waals surface area contributed by atoms with Crippen LogP contribution in [0, 0.1) is 0 Å². The molecular formula is C17H28O5Si. The van der Waals surface area contributed by atoms with Crippen LogP contribution in [0.15, 0.2) is 24.3 Å². The van der Waals surface area contributed by atoms with Gasteiger partial charge in [0.1, 0.15) is 5.60 Å². The van der Waals surface area contributed by atoms with Crippen LogP contribution in [0.25, 0.3) is 0 Å². The van der Waals surface area contributed by atoms with Crippen LogP contribution in [-0.4, -0.2) is 40.2 Å². The normalized spacial score (nSPS) is 12.3. The van der Waals surface area contributed by atoms with Crippen LogP contribution in [-0.2, 0) is 18.0 Å². The van der Waals surface area contributed by atoms with Gasteiger partial charge in [0.2, 0.25) is 0 Å². The van der Waals surface area contributed by atoms with E-state index in [2.05, 4.69) is 0 Å². The quantitative estimate of drug-likeness (QED) is 0.538. The van der Waals surface area contributed by atoms with Crippen molar-refractivity contribution in [3.8, 4) is 0 Å². The molecular weight excluding hydrogens is 312 g/mol. The van der Waals surface area contributed by atoms with Gasteiger partial charge in [-0.2, -0.15) is 0 Å². The van der Waals surface area contributed by atoms with Gasteiger partial charge in [-0.05, 0) is 53.7 Å². The number of ether oxygens (including phenoxy) is 1. The minimum Gasteiger partial charge on any atom is -0.456 e. The van der Waals surface area contributed by atoms with Crippen molar-refractivity contribution in [2.24, 2.45) is 0 Å². The Morgan fingerprint density at radius 3 is 1.70 bits per heavy atom. The number of carbonyl (C=O) groups excluding carboxylic acids is 1. The fourth-order valence-corrected chi connectivity index (χ4v) is 4.56. The van der Waals surface area contributed by atoms with Gasteiger partial charge < -0.3 is 18.0 Å². The third kappa shape index (κ3) is 5.73. The molecule has 0 aromatic heterocycles. The Bertz CT molecular complexity index is 476. The van der Waals surface area contributed by atoms with E-state index in [1.165, 1.54) is 0 Å². The number of hydrogen-bond acceptors (Lipinski definition) is 5. The molecule has 0 heterocycles. The van der Waals surface area contributed by atoms with Crippen molar-refractivity contribution in [1.82, 2.24) is 0 Å². The monoisotopic (exact) mass is 340 g/mol. The van der Waals surface area contributed by atoms with Crippen LogP contribution in [0.3, 0.4) is 0 Å². The highest BCUT2D eigenvalue weighted by atomic mass is 28.4. The van der Waals surface area contributed by atoms with Gasteiger partial charge in [-0.3, -0.25) is 0 Å². The summed E-state index contributed by atoms with van der Waals surface area (Å²) in [6, 6.07) is 7.10. The number of benzene rings is 1. The second-order valence-electron chi connectivity index (χ2n) is 5.93. The zero-order chi connectivity index (χ0) is 17.5. The van der Waals surface area contributed by atoms with Gasteiger partial charge in [0.25, 0.3) is 0 Å². The van der Waals surface area contributed by atoms with E-state index in [-0.39, 0.29) is 5.97 Å². The van der Waals surface area contributed by atoms with Crippen molar-refractivity contribution in [3.05, 3.63) is 29.8 Å². The van der Waals surface area contributed by atoms with E-state index in [1.54, 1.807) is 12.1 Å². The maximum atomic E-state index is 12.1. The lowest BCUT2D eigenvalue weighted by Crippen LogP contribution is -2.56. The summed E-state index contributed by atoms with van der Waals surface area (Å²) >= 11 is 0. The van der Waals surface area contributed by atoms with Crippen molar-refractivity contribution < 1.29 is 22.8 Å². The molecule has 0 spiro atoms. The van der Waals surface area contributed by atoms with Crippen LogP contribution in [0.2, 0.25) is 0 Å². The van der Waals surface area contributed by atoms with E-state index in [0.29, 0.717) is 25.4 Å². The standard InChI is InChI=1S/C17H28O5Si/c1-7-19-23(20-8-2,21-9-3)15-12-10-14(11-13-15)16(18)22-17(4,5)6/h10-13H,7-9H2,1-6H3. The smallest absolute Gasteiger partial charge is 0.456 e. The lowest BCUT2D eigenvalue weighted by Gasteiger charge is -2.28. The molecule has 0 aliphatic rings. The lowest BCUT2D eigenvalue weighted by molar-refractivity contribution is 0.00693.